The maximum Gasteiger partial charge on any atom is 0.200 e. The fraction of sp³-hybridized carbons (Fsp3) is 0.192. The average molecular weight is 461 g/mol. The lowest BCUT2D eigenvalue weighted by atomic mass is 10.0. The van der Waals surface area contributed by atoms with Gasteiger partial charge in [0.25, 0.3) is 0 Å². The molecule has 2 aromatic carbocycles. The Morgan fingerprint density at radius 1 is 1.12 bits per heavy atom. The summed E-state index contributed by atoms with van der Waals surface area (Å²) >= 11 is 0. The molecular weight excluding hydrogens is 435 g/mol. The van der Waals surface area contributed by atoms with Gasteiger partial charge in [-0.3, -0.25) is 9.78 Å². The Kier molecular flexibility index (Phi) is 6.87. The van der Waals surface area contributed by atoms with Crippen molar-refractivity contribution in [3.63, 3.8) is 0 Å². The van der Waals surface area contributed by atoms with Crippen LogP contribution in [0.2, 0.25) is 0 Å². The Hall–Kier alpha value is -4.20. The molecule has 0 radical (unpaired) electrons. The quantitative estimate of drug-likeness (QED) is 0.304. The number of halogens is 1. The number of hydrogen-bond donors (Lipinski definition) is 1. The van der Waals surface area contributed by atoms with E-state index in [0.717, 1.165) is 6.42 Å². The van der Waals surface area contributed by atoms with Gasteiger partial charge in [-0.2, -0.15) is 0 Å². The fourth-order valence-electron chi connectivity index (χ4n) is 3.69. The molecule has 0 unspecified atom stereocenters. The molecule has 2 N–H and O–H groups in total. The Morgan fingerprint density at radius 2 is 1.85 bits per heavy atom. The molecular formula is C26H25FN4O3. The minimum absolute atomic E-state index is 0.0568. The van der Waals surface area contributed by atoms with E-state index in [-0.39, 0.29) is 17.8 Å². The van der Waals surface area contributed by atoms with Crippen molar-refractivity contribution < 1.29 is 13.9 Å². The van der Waals surface area contributed by atoms with Crippen LogP contribution in [0.1, 0.15) is 13.3 Å². The molecule has 0 saturated heterocycles. The van der Waals surface area contributed by atoms with Crippen molar-refractivity contribution in [1.29, 1.82) is 0 Å². The Labute approximate surface area is 196 Å². The highest BCUT2D eigenvalue weighted by Gasteiger charge is 2.19. The molecule has 2 heterocycles. The largest absolute Gasteiger partial charge is 0.497 e. The molecule has 4 aromatic rings. The molecule has 7 nitrogen and oxygen atoms in total. The summed E-state index contributed by atoms with van der Waals surface area (Å²) in [6, 6.07) is 13.3. The summed E-state index contributed by atoms with van der Waals surface area (Å²) in [4.78, 5) is 21.9. The fourth-order valence-corrected chi connectivity index (χ4v) is 3.69. The first kappa shape index (κ1) is 23.0. The van der Waals surface area contributed by atoms with E-state index in [9.17, 15) is 4.79 Å². The lowest BCUT2D eigenvalue weighted by molar-refractivity contribution is 0.319. The third-order valence-corrected chi connectivity index (χ3v) is 5.26. The van der Waals surface area contributed by atoms with Crippen molar-refractivity contribution in [2.75, 3.05) is 13.7 Å². The number of nitrogens with zero attached hydrogens (tertiary/aromatic N) is 3. The van der Waals surface area contributed by atoms with Gasteiger partial charge in [-0.15, -0.1) is 0 Å². The average Bonchev–Trinajstić information content (AvgIpc) is 2.85. The molecule has 0 saturated carbocycles. The van der Waals surface area contributed by atoms with Gasteiger partial charge in [0, 0.05) is 24.2 Å². The number of nitrogens with two attached hydrogens (primary N) is 1. The first-order valence-corrected chi connectivity index (χ1v) is 10.9. The number of fused-ring (bicyclic) bond motifs is 1. The van der Waals surface area contributed by atoms with Crippen LogP contribution in [0, 0.1) is 5.82 Å². The number of benzene rings is 2. The summed E-state index contributed by atoms with van der Waals surface area (Å²) in [6.07, 6.45) is 5.67. The summed E-state index contributed by atoms with van der Waals surface area (Å²) in [6.45, 7) is 2.52. The zero-order valence-electron chi connectivity index (χ0n) is 19.0. The second-order valence-corrected chi connectivity index (χ2v) is 7.65. The molecule has 0 bridgehead atoms. The van der Waals surface area contributed by atoms with Crippen LogP contribution in [0.5, 0.6) is 11.5 Å². The number of hydrogen-bond acceptors (Lipinski definition) is 5. The topological polar surface area (TPSA) is 91.7 Å². The van der Waals surface area contributed by atoms with E-state index >= 15 is 4.39 Å². The van der Waals surface area contributed by atoms with E-state index in [0.29, 0.717) is 40.4 Å². The van der Waals surface area contributed by atoms with Gasteiger partial charge in [0.15, 0.2) is 5.43 Å². The number of aliphatic imine (C=N–C) groups is 1. The van der Waals surface area contributed by atoms with Gasteiger partial charge in [0.2, 0.25) is 0 Å². The standard InChI is InChI=1S/C26H25FN4O3/c1-3-14-34-22-9-8-21(27)24-25(22)31(16-23(28)30-18-10-12-29-13-11-18)15-20(26(24)32)17-4-6-19(33-2)7-5-17/h4-13,15H,3,14,16H2,1-2H3,(H2,28,29,30). The lowest BCUT2D eigenvalue weighted by Gasteiger charge is -2.17. The minimum Gasteiger partial charge on any atom is -0.497 e. The maximum atomic E-state index is 15.1. The second kappa shape index (κ2) is 10.2. The van der Waals surface area contributed by atoms with E-state index in [1.807, 2.05) is 6.92 Å². The Bertz CT molecular complexity index is 1380. The monoisotopic (exact) mass is 460 g/mol. The molecule has 0 amide bonds. The van der Waals surface area contributed by atoms with Crippen LogP contribution in [0.3, 0.4) is 0 Å². The predicted molar refractivity (Wildman–Crippen MR) is 131 cm³/mol. The first-order valence-electron chi connectivity index (χ1n) is 10.9. The Balaban J connectivity index is 1.93. The molecule has 34 heavy (non-hydrogen) atoms. The van der Waals surface area contributed by atoms with Gasteiger partial charge in [-0.05, 0) is 48.4 Å². The van der Waals surface area contributed by atoms with Crippen molar-refractivity contribution in [1.82, 2.24) is 9.55 Å². The van der Waals surface area contributed by atoms with E-state index < -0.39 is 11.2 Å². The maximum absolute atomic E-state index is 15.1. The number of ether oxygens (including phenoxy) is 2. The predicted octanol–water partition coefficient (Wildman–Crippen LogP) is 4.69. The van der Waals surface area contributed by atoms with Crippen LogP contribution in [0.15, 0.2) is 76.9 Å². The Morgan fingerprint density at radius 3 is 2.53 bits per heavy atom. The van der Waals surface area contributed by atoms with Gasteiger partial charge in [0.1, 0.15) is 23.2 Å². The smallest absolute Gasteiger partial charge is 0.200 e. The number of aromatic nitrogens is 2. The van der Waals surface area contributed by atoms with Gasteiger partial charge in [-0.1, -0.05) is 19.1 Å². The molecule has 0 spiro atoms. The highest BCUT2D eigenvalue weighted by molar-refractivity contribution is 5.91. The second-order valence-electron chi connectivity index (χ2n) is 7.65. The zero-order valence-corrected chi connectivity index (χ0v) is 19.0. The van der Waals surface area contributed by atoms with Crippen LogP contribution in [0.4, 0.5) is 10.1 Å². The van der Waals surface area contributed by atoms with Crippen molar-refractivity contribution in [2.24, 2.45) is 10.7 Å². The summed E-state index contributed by atoms with van der Waals surface area (Å²) in [7, 11) is 1.57. The number of methoxy groups -OCH3 is 1. The summed E-state index contributed by atoms with van der Waals surface area (Å²) in [5, 5.41) is -0.0568. The van der Waals surface area contributed by atoms with Gasteiger partial charge in [-0.25, -0.2) is 9.38 Å². The van der Waals surface area contributed by atoms with Crippen LogP contribution < -0.4 is 20.6 Å². The molecule has 0 aliphatic carbocycles. The lowest BCUT2D eigenvalue weighted by Crippen LogP contribution is -2.22. The van der Waals surface area contributed by atoms with Crippen molar-refractivity contribution in [3.8, 4) is 22.6 Å². The van der Waals surface area contributed by atoms with Crippen LogP contribution >= 0.6 is 0 Å². The summed E-state index contributed by atoms with van der Waals surface area (Å²) < 4.78 is 27.9. The van der Waals surface area contributed by atoms with E-state index in [1.165, 1.54) is 12.1 Å². The SMILES string of the molecule is CCCOc1ccc(F)c2c(=O)c(-c3ccc(OC)cc3)cn(CC(N)=Nc3ccncc3)c12. The van der Waals surface area contributed by atoms with Gasteiger partial charge < -0.3 is 19.8 Å². The summed E-state index contributed by atoms with van der Waals surface area (Å²) in [5.41, 5.74) is 7.77. The number of pyridine rings is 2. The minimum atomic E-state index is -0.627. The molecule has 0 atom stereocenters. The zero-order chi connectivity index (χ0) is 24.1. The van der Waals surface area contributed by atoms with Crippen molar-refractivity contribution >= 4 is 22.4 Å². The van der Waals surface area contributed by atoms with Gasteiger partial charge in [0.05, 0.1) is 36.9 Å². The molecule has 2 aromatic heterocycles. The molecule has 8 heteroatoms. The van der Waals surface area contributed by atoms with Crippen LogP contribution in [-0.2, 0) is 6.54 Å². The molecule has 0 fully saturated rings. The van der Waals surface area contributed by atoms with E-state index in [4.69, 9.17) is 15.2 Å². The summed E-state index contributed by atoms with van der Waals surface area (Å²) in [5.74, 6) is 0.716. The van der Waals surface area contributed by atoms with Crippen molar-refractivity contribution in [2.45, 2.75) is 19.9 Å². The molecule has 0 aliphatic heterocycles. The highest BCUT2D eigenvalue weighted by Crippen LogP contribution is 2.30. The third-order valence-electron chi connectivity index (χ3n) is 5.26. The third kappa shape index (κ3) is 4.76. The molecule has 0 aliphatic rings. The van der Waals surface area contributed by atoms with Gasteiger partial charge >= 0.3 is 0 Å². The number of amidine groups is 1. The molecule has 174 valence electrons. The first-order chi connectivity index (χ1) is 16.5. The normalized spacial score (nSPS) is 11.6. The van der Waals surface area contributed by atoms with Crippen LogP contribution in [-0.4, -0.2) is 29.1 Å². The van der Waals surface area contributed by atoms with E-state index in [1.54, 1.807) is 66.7 Å². The van der Waals surface area contributed by atoms with E-state index in [2.05, 4.69) is 9.98 Å². The van der Waals surface area contributed by atoms with Crippen LogP contribution in [0.25, 0.3) is 22.0 Å². The number of rotatable bonds is 8. The van der Waals surface area contributed by atoms with Crippen molar-refractivity contribution in [3.05, 3.63) is 83.2 Å². The molecule has 4 rings (SSSR count). The highest BCUT2D eigenvalue weighted by atomic mass is 19.1.